The molecule has 3 rings (SSSR count). The fourth-order valence-electron chi connectivity index (χ4n) is 2.55. The Morgan fingerprint density at radius 2 is 1.74 bits per heavy atom. The molecule has 0 bridgehead atoms. The van der Waals surface area contributed by atoms with Gasteiger partial charge in [0.15, 0.2) is 0 Å². The molecule has 1 aliphatic heterocycles. The van der Waals surface area contributed by atoms with Crippen LogP contribution >= 0.6 is 0 Å². The van der Waals surface area contributed by atoms with Crippen molar-refractivity contribution in [2.75, 3.05) is 28.7 Å². The van der Waals surface area contributed by atoms with Crippen molar-refractivity contribution in [1.29, 1.82) is 0 Å². The van der Waals surface area contributed by atoms with Gasteiger partial charge in [0.2, 0.25) is 17.8 Å². The second kappa shape index (κ2) is 6.78. The normalized spacial score (nSPS) is 13.3. The van der Waals surface area contributed by atoms with Crippen molar-refractivity contribution >= 4 is 17.8 Å². The minimum atomic E-state index is 0.0309. The smallest absolute Gasteiger partial charge is 0.232 e. The molecule has 0 saturated carbocycles. The summed E-state index contributed by atoms with van der Waals surface area (Å²) >= 11 is 0. The summed E-state index contributed by atoms with van der Waals surface area (Å²) in [5, 5.41) is 15.2. The van der Waals surface area contributed by atoms with E-state index >= 15 is 0 Å². The molecule has 0 amide bonds. The summed E-state index contributed by atoms with van der Waals surface area (Å²) in [7, 11) is 0. The highest BCUT2D eigenvalue weighted by Gasteiger charge is 2.22. The summed E-state index contributed by atoms with van der Waals surface area (Å²) in [5.74, 6) is 1.66. The largest absolute Gasteiger partial charge is 0.395 e. The predicted molar refractivity (Wildman–Crippen MR) is 90.5 cm³/mol. The van der Waals surface area contributed by atoms with E-state index in [-0.39, 0.29) is 12.6 Å². The lowest BCUT2D eigenvalue weighted by Gasteiger charge is -2.18. The standard InChI is InChI=1S/C16H22N6O/c1-11(2)18-15-19-14(17-7-8-23)20-16(21-15)22-9-12-5-3-4-6-13(12)10-22/h3-6,11,23H,7-10H2,1-2H3,(H2,17,18,19,20,21). The molecular formula is C16H22N6O. The van der Waals surface area contributed by atoms with Gasteiger partial charge in [-0.2, -0.15) is 15.0 Å². The third kappa shape index (κ3) is 3.68. The van der Waals surface area contributed by atoms with Gasteiger partial charge in [0, 0.05) is 25.7 Å². The number of benzene rings is 1. The molecule has 122 valence electrons. The number of hydrogen-bond acceptors (Lipinski definition) is 7. The molecular weight excluding hydrogens is 292 g/mol. The zero-order valence-corrected chi connectivity index (χ0v) is 13.5. The van der Waals surface area contributed by atoms with E-state index < -0.39 is 0 Å². The summed E-state index contributed by atoms with van der Waals surface area (Å²) in [6.45, 7) is 6.10. The lowest BCUT2D eigenvalue weighted by atomic mass is 10.1. The van der Waals surface area contributed by atoms with Crippen LogP contribution in [0.2, 0.25) is 0 Å². The summed E-state index contributed by atoms with van der Waals surface area (Å²) in [5.41, 5.74) is 2.60. The average Bonchev–Trinajstić information content (AvgIpc) is 2.96. The number of nitrogens with one attached hydrogen (secondary N) is 2. The molecule has 7 nitrogen and oxygen atoms in total. The highest BCUT2D eigenvalue weighted by molar-refractivity contribution is 5.48. The lowest BCUT2D eigenvalue weighted by Crippen LogP contribution is -2.22. The molecule has 0 unspecified atom stereocenters. The van der Waals surface area contributed by atoms with E-state index in [9.17, 15) is 0 Å². The minimum absolute atomic E-state index is 0.0309. The van der Waals surface area contributed by atoms with Crippen molar-refractivity contribution in [1.82, 2.24) is 15.0 Å². The Bertz CT molecular complexity index is 650. The minimum Gasteiger partial charge on any atom is -0.395 e. The molecule has 3 N–H and O–H groups in total. The Morgan fingerprint density at radius 1 is 1.09 bits per heavy atom. The number of rotatable bonds is 6. The van der Waals surface area contributed by atoms with Crippen LogP contribution in [0.15, 0.2) is 24.3 Å². The van der Waals surface area contributed by atoms with Crippen LogP contribution in [0.4, 0.5) is 17.8 Å². The second-order valence-corrected chi connectivity index (χ2v) is 5.86. The first-order valence-corrected chi connectivity index (χ1v) is 7.85. The molecule has 7 heteroatoms. The van der Waals surface area contributed by atoms with Crippen LogP contribution < -0.4 is 15.5 Å². The molecule has 1 aliphatic rings. The van der Waals surface area contributed by atoms with Crippen molar-refractivity contribution in [3.8, 4) is 0 Å². The summed E-state index contributed by atoms with van der Waals surface area (Å²) in [4.78, 5) is 15.5. The maximum absolute atomic E-state index is 8.98. The first kappa shape index (κ1) is 15.5. The van der Waals surface area contributed by atoms with Crippen molar-refractivity contribution in [3.63, 3.8) is 0 Å². The first-order valence-electron chi connectivity index (χ1n) is 7.85. The van der Waals surface area contributed by atoms with Crippen molar-refractivity contribution in [2.24, 2.45) is 0 Å². The van der Waals surface area contributed by atoms with E-state index in [0.717, 1.165) is 13.1 Å². The molecule has 2 heterocycles. The molecule has 1 aromatic carbocycles. The Hall–Kier alpha value is -2.41. The van der Waals surface area contributed by atoms with Gasteiger partial charge in [0.1, 0.15) is 0 Å². The van der Waals surface area contributed by atoms with Gasteiger partial charge >= 0.3 is 0 Å². The van der Waals surface area contributed by atoms with E-state index in [2.05, 4.69) is 54.8 Å². The van der Waals surface area contributed by atoms with E-state index in [1.807, 2.05) is 13.8 Å². The Labute approximate surface area is 135 Å². The Morgan fingerprint density at radius 3 is 2.35 bits per heavy atom. The Kier molecular flexibility index (Phi) is 4.57. The topological polar surface area (TPSA) is 86.2 Å². The van der Waals surface area contributed by atoms with Crippen LogP contribution in [0, 0.1) is 0 Å². The van der Waals surface area contributed by atoms with Gasteiger partial charge in [-0.05, 0) is 25.0 Å². The fourth-order valence-corrected chi connectivity index (χ4v) is 2.55. The van der Waals surface area contributed by atoms with E-state index in [1.54, 1.807) is 0 Å². The number of aromatic nitrogens is 3. The molecule has 0 saturated heterocycles. The molecule has 0 fully saturated rings. The van der Waals surface area contributed by atoms with E-state index in [1.165, 1.54) is 11.1 Å². The Balaban J connectivity index is 1.86. The van der Waals surface area contributed by atoms with Crippen LogP contribution in [0.25, 0.3) is 0 Å². The fraction of sp³-hybridized carbons (Fsp3) is 0.438. The van der Waals surface area contributed by atoms with Gasteiger partial charge in [-0.3, -0.25) is 0 Å². The molecule has 0 atom stereocenters. The molecule has 0 spiro atoms. The van der Waals surface area contributed by atoms with Crippen molar-refractivity contribution < 1.29 is 5.11 Å². The monoisotopic (exact) mass is 314 g/mol. The van der Waals surface area contributed by atoms with Gasteiger partial charge in [0.25, 0.3) is 0 Å². The number of nitrogens with zero attached hydrogens (tertiary/aromatic N) is 4. The van der Waals surface area contributed by atoms with Crippen molar-refractivity contribution in [2.45, 2.75) is 33.0 Å². The summed E-state index contributed by atoms with van der Waals surface area (Å²) in [6, 6.07) is 8.60. The molecule has 1 aromatic heterocycles. The number of aliphatic hydroxyl groups is 1. The maximum atomic E-state index is 8.98. The molecule has 23 heavy (non-hydrogen) atoms. The van der Waals surface area contributed by atoms with Crippen LogP contribution in [-0.2, 0) is 13.1 Å². The molecule has 2 aromatic rings. The number of hydrogen-bond donors (Lipinski definition) is 3. The van der Waals surface area contributed by atoms with E-state index in [4.69, 9.17) is 5.11 Å². The molecule has 0 radical (unpaired) electrons. The third-order valence-corrected chi connectivity index (χ3v) is 3.56. The highest BCUT2D eigenvalue weighted by Crippen LogP contribution is 2.26. The zero-order valence-electron chi connectivity index (χ0n) is 13.5. The van der Waals surface area contributed by atoms with Crippen LogP contribution in [-0.4, -0.2) is 39.3 Å². The quantitative estimate of drug-likeness (QED) is 0.747. The average molecular weight is 314 g/mol. The highest BCUT2D eigenvalue weighted by atomic mass is 16.3. The third-order valence-electron chi connectivity index (χ3n) is 3.56. The van der Waals surface area contributed by atoms with Crippen LogP contribution in [0.5, 0.6) is 0 Å². The number of fused-ring (bicyclic) bond motifs is 1. The molecule has 0 aliphatic carbocycles. The number of anilines is 3. The zero-order chi connectivity index (χ0) is 16.2. The van der Waals surface area contributed by atoms with Gasteiger partial charge < -0.3 is 20.6 Å². The van der Waals surface area contributed by atoms with Gasteiger partial charge in [-0.15, -0.1) is 0 Å². The SMILES string of the molecule is CC(C)Nc1nc(NCCO)nc(N2Cc3ccccc3C2)n1. The lowest BCUT2D eigenvalue weighted by molar-refractivity contribution is 0.311. The second-order valence-electron chi connectivity index (χ2n) is 5.86. The first-order chi connectivity index (χ1) is 11.2. The predicted octanol–water partition coefficient (Wildman–Crippen LogP) is 1.62. The summed E-state index contributed by atoms with van der Waals surface area (Å²) < 4.78 is 0. The van der Waals surface area contributed by atoms with Crippen LogP contribution in [0.1, 0.15) is 25.0 Å². The van der Waals surface area contributed by atoms with Gasteiger partial charge in [0.05, 0.1) is 6.61 Å². The summed E-state index contributed by atoms with van der Waals surface area (Å²) in [6.07, 6.45) is 0. The van der Waals surface area contributed by atoms with Crippen molar-refractivity contribution in [3.05, 3.63) is 35.4 Å². The van der Waals surface area contributed by atoms with E-state index in [0.29, 0.717) is 24.4 Å². The maximum Gasteiger partial charge on any atom is 0.232 e. The van der Waals surface area contributed by atoms with Gasteiger partial charge in [-0.1, -0.05) is 24.3 Å². The number of aliphatic hydroxyl groups excluding tert-OH is 1. The van der Waals surface area contributed by atoms with Gasteiger partial charge in [-0.25, -0.2) is 0 Å². The van der Waals surface area contributed by atoms with Crippen LogP contribution in [0.3, 0.4) is 0 Å².